The summed E-state index contributed by atoms with van der Waals surface area (Å²) in [6.45, 7) is 3.08. The van der Waals surface area contributed by atoms with Crippen molar-refractivity contribution in [3.05, 3.63) is 33.9 Å². The van der Waals surface area contributed by atoms with Crippen LogP contribution in [-0.4, -0.2) is 27.2 Å². The molecule has 0 aliphatic carbocycles. The molecule has 0 unspecified atom stereocenters. The van der Waals surface area contributed by atoms with Crippen molar-refractivity contribution >= 4 is 5.65 Å². The van der Waals surface area contributed by atoms with Crippen molar-refractivity contribution in [1.82, 2.24) is 19.9 Å². The van der Waals surface area contributed by atoms with Gasteiger partial charge in [0.2, 0.25) is 0 Å². The van der Waals surface area contributed by atoms with Crippen LogP contribution in [-0.2, 0) is 0 Å². The zero-order chi connectivity index (χ0) is 13.4. The van der Waals surface area contributed by atoms with Gasteiger partial charge in [-0.05, 0) is 26.3 Å². The number of hydrogen-bond acceptors (Lipinski definition) is 4. The van der Waals surface area contributed by atoms with Gasteiger partial charge in [0.25, 0.3) is 5.56 Å². The van der Waals surface area contributed by atoms with Crippen LogP contribution >= 0.6 is 0 Å². The van der Waals surface area contributed by atoms with E-state index in [1.54, 1.807) is 10.6 Å². The van der Waals surface area contributed by atoms with Crippen molar-refractivity contribution in [3.8, 4) is 6.07 Å². The Kier molecular flexibility index (Phi) is 2.84. The molecule has 2 aromatic heterocycles. The van der Waals surface area contributed by atoms with E-state index in [0.29, 0.717) is 23.2 Å². The fraction of sp³-hybridized carbons (Fsp3) is 0.462. The summed E-state index contributed by atoms with van der Waals surface area (Å²) >= 11 is 0. The van der Waals surface area contributed by atoms with Crippen LogP contribution in [0.3, 0.4) is 0 Å². The van der Waals surface area contributed by atoms with E-state index in [2.05, 4.69) is 28.4 Å². The lowest BCUT2D eigenvalue weighted by molar-refractivity contribution is 0.372. The molecule has 3 rings (SSSR count). The molecule has 0 radical (unpaired) electrons. The molecular weight excluding hydrogens is 242 g/mol. The SMILES string of the molecule is C[C@H]1C[C@H](c2cc(=O)[nH]c3c(C#N)cnn23)CCN1. The summed E-state index contributed by atoms with van der Waals surface area (Å²) in [5.74, 6) is 0.299. The van der Waals surface area contributed by atoms with E-state index in [4.69, 9.17) is 5.26 Å². The number of aromatic amines is 1. The van der Waals surface area contributed by atoms with E-state index in [-0.39, 0.29) is 5.56 Å². The monoisotopic (exact) mass is 257 g/mol. The Morgan fingerprint density at radius 2 is 2.42 bits per heavy atom. The van der Waals surface area contributed by atoms with Gasteiger partial charge in [0, 0.05) is 18.0 Å². The molecule has 0 spiro atoms. The summed E-state index contributed by atoms with van der Waals surface area (Å²) in [6.07, 6.45) is 3.45. The highest BCUT2D eigenvalue weighted by Crippen LogP contribution is 2.27. The van der Waals surface area contributed by atoms with Gasteiger partial charge in [0.15, 0.2) is 5.65 Å². The molecule has 6 heteroatoms. The highest BCUT2D eigenvalue weighted by Gasteiger charge is 2.23. The van der Waals surface area contributed by atoms with Crippen molar-refractivity contribution < 1.29 is 0 Å². The predicted molar refractivity (Wildman–Crippen MR) is 70.0 cm³/mol. The van der Waals surface area contributed by atoms with Crippen LogP contribution < -0.4 is 10.9 Å². The topological polar surface area (TPSA) is 86.0 Å². The first kappa shape index (κ1) is 11.9. The first-order valence-corrected chi connectivity index (χ1v) is 6.43. The molecule has 0 amide bonds. The van der Waals surface area contributed by atoms with E-state index in [1.807, 2.05) is 0 Å². The lowest BCUT2D eigenvalue weighted by Crippen LogP contribution is -2.35. The molecule has 98 valence electrons. The minimum Gasteiger partial charge on any atom is -0.314 e. The molecule has 3 heterocycles. The van der Waals surface area contributed by atoms with Gasteiger partial charge in [-0.3, -0.25) is 4.79 Å². The molecule has 0 bridgehead atoms. The number of aromatic nitrogens is 3. The Labute approximate surface area is 110 Å². The zero-order valence-corrected chi connectivity index (χ0v) is 10.7. The molecule has 6 nitrogen and oxygen atoms in total. The largest absolute Gasteiger partial charge is 0.314 e. The van der Waals surface area contributed by atoms with Gasteiger partial charge in [0.05, 0.1) is 11.9 Å². The van der Waals surface area contributed by atoms with Gasteiger partial charge in [-0.25, -0.2) is 4.52 Å². The molecule has 19 heavy (non-hydrogen) atoms. The average Bonchev–Trinajstić information content (AvgIpc) is 2.80. The summed E-state index contributed by atoms with van der Waals surface area (Å²) < 4.78 is 1.70. The van der Waals surface area contributed by atoms with E-state index >= 15 is 0 Å². The normalized spacial score (nSPS) is 23.4. The molecule has 1 aliphatic heterocycles. The van der Waals surface area contributed by atoms with Crippen molar-refractivity contribution in [2.45, 2.75) is 31.7 Å². The smallest absolute Gasteiger partial charge is 0.251 e. The molecular formula is C13H15N5O. The molecule has 2 N–H and O–H groups in total. The predicted octanol–water partition coefficient (Wildman–Crippen LogP) is 0.750. The summed E-state index contributed by atoms with van der Waals surface area (Å²) in [6, 6.07) is 4.08. The van der Waals surface area contributed by atoms with Gasteiger partial charge < -0.3 is 10.3 Å². The van der Waals surface area contributed by atoms with Gasteiger partial charge >= 0.3 is 0 Å². The fourth-order valence-electron chi connectivity index (χ4n) is 2.79. The maximum Gasteiger partial charge on any atom is 0.251 e. The molecule has 0 saturated carbocycles. The van der Waals surface area contributed by atoms with Crippen molar-refractivity contribution in [1.29, 1.82) is 5.26 Å². The second-order valence-electron chi connectivity index (χ2n) is 5.07. The quantitative estimate of drug-likeness (QED) is 0.789. The Morgan fingerprint density at radius 1 is 1.58 bits per heavy atom. The lowest BCUT2D eigenvalue weighted by Gasteiger charge is -2.28. The number of nitrogens with zero attached hydrogens (tertiary/aromatic N) is 3. The van der Waals surface area contributed by atoms with Gasteiger partial charge in [-0.15, -0.1) is 0 Å². The molecule has 2 aromatic rings. The van der Waals surface area contributed by atoms with Crippen molar-refractivity contribution in [2.75, 3.05) is 6.54 Å². The van der Waals surface area contributed by atoms with Crippen LogP contribution in [0.15, 0.2) is 17.1 Å². The van der Waals surface area contributed by atoms with Gasteiger partial charge in [-0.1, -0.05) is 0 Å². The third-order valence-electron chi connectivity index (χ3n) is 3.70. The molecule has 1 aliphatic rings. The average molecular weight is 257 g/mol. The molecule has 1 saturated heterocycles. The standard InChI is InChI=1S/C13H15N5O/c1-8-4-9(2-3-15-8)11-5-12(19)17-13-10(6-14)7-16-18(11)13/h5,7-9,15H,2-4H2,1H3,(H,17,19)/t8-,9+/m0/s1. The molecule has 2 atom stereocenters. The minimum absolute atomic E-state index is 0.175. The fourth-order valence-corrected chi connectivity index (χ4v) is 2.79. The number of piperidine rings is 1. The van der Waals surface area contributed by atoms with Crippen LogP contribution in [0.2, 0.25) is 0 Å². The zero-order valence-electron chi connectivity index (χ0n) is 10.7. The first-order chi connectivity index (χ1) is 9.19. The van der Waals surface area contributed by atoms with Crippen molar-refractivity contribution in [2.24, 2.45) is 0 Å². The minimum atomic E-state index is -0.175. The second-order valence-corrected chi connectivity index (χ2v) is 5.07. The molecule has 0 aromatic carbocycles. The van der Waals surface area contributed by atoms with Crippen LogP contribution in [0.1, 0.15) is 36.9 Å². The summed E-state index contributed by atoms with van der Waals surface area (Å²) in [5, 5.41) is 16.7. The van der Waals surface area contributed by atoms with E-state index < -0.39 is 0 Å². The van der Waals surface area contributed by atoms with Crippen LogP contribution in [0, 0.1) is 11.3 Å². The summed E-state index contributed by atoms with van der Waals surface area (Å²) in [5.41, 5.74) is 1.62. The maximum absolute atomic E-state index is 11.8. The lowest BCUT2D eigenvalue weighted by atomic mass is 9.90. The van der Waals surface area contributed by atoms with Gasteiger partial charge in [-0.2, -0.15) is 10.4 Å². The number of H-pyrrole nitrogens is 1. The number of hydrogen-bond donors (Lipinski definition) is 2. The van der Waals surface area contributed by atoms with Gasteiger partial charge in [0.1, 0.15) is 11.6 Å². The third-order valence-corrected chi connectivity index (χ3v) is 3.70. The highest BCUT2D eigenvalue weighted by molar-refractivity contribution is 5.54. The number of rotatable bonds is 1. The summed E-state index contributed by atoms with van der Waals surface area (Å²) in [7, 11) is 0. The van der Waals surface area contributed by atoms with E-state index in [1.165, 1.54) is 6.20 Å². The number of fused-ring (bicyclic) bond motifs is 1. The maximum atomic E-state index is 11.8. The van der Waals surface area contributed by atoms with Crippen molar-refractivity contribution in [3.63, 3.8) is 0 Å². The highest BCUT2D eigenvalue weighted by atomic mass is 16.1. The van der Waals surface area contributed by atoms with Crippen LogP contribution in [0.25, 0.3) is 5.65 Å². The van der Waals surface area contributed by atoms with Crippen LogP contribution in [0.4, 0.5) is 0 Å². The Hall–Kier alpha value is -2.13. The third kappa shape index (κ3) is 2.02. The Bertz CT molecular complexity index is 708. The molecule has 1 fully saturated rings. The number of nitriles is 1. The Balaban J connectivity index is 2.15. The Morgan fingerprint density at radius 3 is 3.16 bits per heavy atom. The second kappa shape index (κ2) is 4.52. The number of nitrogens with one attached hydrogen (secondary N) is 2. The summed E-state index contributed by atoms with van der Waals surface area (Å²) in [4.78, 5) is 14.5. The first-order valence-electron chi connectivity index (χ1n) is 6.43. The van der Waals surface area contributed by atoms with E-state index in [9.17, 15) is 4.79 Å². The van der Waals surface area contributed by atoms with Crippen LogP contribution in [0.5, 0.6) is 0 Å². The van der Waals surface area contributed by atoms with E-state index in [0.717, 1.165) is 25.1 Å².